The van der Waals surface area contributed by atoms with Gasteiger partial charge in [-0.1, -0.05) is 0 Å². The van der Waals surface area contributed by atoms with Gasteiger partial charge < -0.3 is 54.2 Å². The van der Waals surface area contributed by atoms with Crippen LogP contribution in [0.2, 0.25) is 0 Å². The second kappa shape index (κ2) is 16.6. The number of guanidine groups is 1. The molecule has 0 fully saturated rings. The van der Waals surface area contributed by atoms with E-state index >= 15 is 0 Å². The third-order valence-electron chi connectivity index (χ3n) is 4.94. The van der Waals surface area contributed by atoms with E-state index in [0.717, 1.165) is 0 Å². The van der Waals surface area contributed by atoms with E-state index in [4.69, 9.17) is 28.0 Å². The lowest BCUT2D eigenvalue weighted by Crippen LogP contribution is -2.59. The molecule has 0 heterocycles. The summed E-state index contributed by atoms with van der Waals surface area (Å²) < 4.78 is 0. The molecule has 0 bridgehead atoms. The minimum absolute atomic E-state index is 0.129. The Hall–Kier alpha value is -3.99. The smallest absolute Gasteiger partial charge is 0.326 e. The summed E-state index contributed by atoms with van der Waals surface area (Å²) >= 11 is 0. The van der Waals surface area contributed by atoms with Crippen LogP contribution in [0.5, 0.6) is 0 Å². The van der Waals surface area contributed by atoms with E-state index in [0.29, 0.717) is 6.42 Å². The minimum atomic E-state index is -1.60. The molecule has 14 N–H and O–H groups in total. The van der Waals surface area contributed by atoms with Crippen LogP contribution in [-0.4, -0.2) is 93.7 Å². The van der Waals surface area contributed by atoms with Gasteiger partial charge in [0.2, 0.25) is 23.6 Å². The molecule has 0 aliphatic rings. The van der Waals surface area contributed by atoms with Crippen molar-refractivity contribution in [3.05, 3.63) is 0 Å². The molecule has 0 aromatic rings. The Morgan fingerprint density at radius 2 is 1.38 bits per heavy atom. The summed E-state index contributed by atoms with van der Waals surface area (Å²) in [6, 6.07) is -5.75. The molecule has 5 unspecified atom stereocenters. The van der Waals surface area contributed by atoms with E-state index < -0.39 is 78.7 Å². The number of nitrogens with zero attached hydrogens (tertiary/aromatic N) is 1. The molecule has 0 aliphatic heterocycles. The highest BCUT2D eigenvalue weighted by Gasteiger charge is 2.32. The lowest BCUT2D eigenvalue weighted by molar-refractivity contribution is -0.143. The summed E-state index contributed by atoms with van der Waals surface area (Å²) in [5.41, 5.74) is 21.3. The molecular formula is C20H36N8O9. The number of primary amides is 1. The van der Waals surface area contributed by atoms with Gasteiger partial charge in [0.1, 0.15) is 18.1 Å². The molecule has 0 spiro atoms. The highest BCUT2D eigenvalue weighted by Crippen LogP contribution is 2.05. The Labute approximate surface area is 212 Å². The van der Waals surface area contributed by atoms with Gasteiger partial charge in [-0.15, -0.1) is 0 Å². The molecule has 5 atom stereocenters. The third kappa shape index (κ3) is 14.2. The van der Waals surface area contributed by atoms with Gasteiger partial charge in [0.15, 0.2) is 5.96 Å². The zero-order valence-electron chi connectivity index (χ0n) is 20.4. The fourth-order valence-electron chi connectivity index (χ4n) is 2.93. The number of rotatable bonds is 18. The van der Waals surface area contributed by atoms with Crippen LogP contribution in [-0.2, 0) is 28.8 Å². The molecule has 17 nitrogen and oxygen atoms in total. The van der Waals surface area contributed by atoms with E-state index in [-0.39, 0.29) is 31.8 Å². The van der Waals surface area contributed by atoms with Crippen LogP contribution in [0, 0.1) is 0 Å². The third-order valence-corrected chi connectivity index (χ3v) is 4.94. The number of nitrogens with one attached hydrogen (secondary N) is 3. The van der Waals surface area contributed by atoms with Crippen LogP contribution >= 0.6 is 0 Å². The van der Waals surface area contributed by atoms with Crippen LogP contribution in [0.25, 0.3) is 0 Å². The highest BCUT2D eigenvalue weighted by atomic mass is 16.4. The lowest BCUT2D eigenvalue weighted by Gasteiger charge is -2.26. The second-order valence-corrected chi connectivity index (χ2v) is 8.18. The zero-order chi connectivity index (χ0) is 28.7. The van der Waals surface area contributed by atoms with E-state index in [2.05, 4.69) is 20.9 Å². The SMILES string of the molecule is CC(O)C(NC(=O)C(N)CCCN=C(N)N)C(=O)NC(CCC(N)=O)C(=O)NC(CCC(=O)O)C(=O)O. The predicted molar refractivity (Wildman–Crippen MR) is 128 cm³/mol. The first-order valence-electron chi connectivity index (χ1n) is 11.3. The van der Waals surface area contributed by atoms with E-state index in [1.165, 1.54) is 6.92 Å². The van der Waals surface area contributed by atoms with Crippen molar-refractivity contribution in [3.63, 3.8) is 0 Å². The van der Waals surface area contributed by atoms with Crippen molar-refractivity contribution in [2.75, 3.05) is 6.54 Å². The summed E-state index contributed by atoms with van der Waals surface area (Å²) in [6.45, 7) is 1.41. The highest BCUT2D eigenvalue weighted by molar-refractivity contribution is 5.94. The molecule has 37 heavy (non-hydrogen) atoms. The van der Waals surface area contributed by atoms with Crippen molar-refractivity contribution in [2.24, 2.45) is 27.9 Å². The summed E-state index contributed by atoms with van der Waals surface area (Å²) in [6.07, 6.45) is -2.67. The standard InChI is InChI=1S/C20H36N8O9/c1-9(29)15(28-16(33)10(21)3-2-8-25-20(23)24)18(35)26-11(4-6-13(22)30)17(34)27-12(19(36)37)5-7-14(31)32/h9-12,15,29H,2-8,21H2,1H3,(H2,22,30)(H,26,35)(H,27,34)(H,28,33)(H,31,32)(H,36,37)(H4,23,24,25). The average Bonchev–Trinajstić information content (AvgIpc) is 2.78. The first-order valence-corrected chi connectivity index (χ1v) is 11.3. The maximum atomic E-state index is 12.8. The molecule has 0 saturated heterocycles. The molecule has 0 radical (unpaired) electrons. The predicted octanol–water partition coefficient (Wildman–Crippen LogP) is -4.58. The summed E-state index contributed by atoms with van der Waals surface area (Å²) in [7, 11) is 0. The fourth-order valence-corrected chi connectivity index (χ4v) is 2.93. The minimum Gasteiger partial charge on any atom is -0.481 e. The number of carboxylic acid groups (broad SMARTS) is 2. The van der Waals surface area contributed by atoms with Crippen LogP contribution < -0.4 is 38.9 Å². The van der Waals surface area contributed by atoms with E-state index in [1.807, 2.05) is 0 Å². The number of aliphatic carboxylic acids is 2. The number of carboxylic acids is 2. The number of aliphatic hydroxyl groups is 1. The van der Waals surface area contributed by atoms with E-state index in [9.17, 15) is 39.0 Å². The Balaban J connectivity index is 5.41. The van der Waals surface area contributed by atoms with Gasteiger partial charge in [0, 0.05) is 19.4 Å². The van der Waals surface area contributed by atoms with Crippen molar-refractivity contribution < 1.29 is 44.1 Å². The molecule has 210 valence electrons. The maximum Gasteiger partial charge on any atom is 0.326 e. The van der Waals surface area contributed by atoms with Gasteiger partial charge in [-0.2, -0.15) is 0 Å². The molecule has 4 amide bonds. The summed E-state index contributed by atoms with van der Waals surface area (Å²) in [5.74, 6) is -6.61. The summed E-state index contributed by atoms with van der Waals surface area (Å²) in [4.78, 5) is 75.0. The molecule has 17 heteroatoms. The Bertz CT molecular complexity index is 861. The number of carbonyl (C=O) groups is 6. The number of amides is 4. The van der Waals surface area contributed by atoms with Crippen molar-refractivity contribution in [1.82, 2.24) is 16.0 Å². The Morgan fingerprint density at radius 3 is 1.86 bits per heavy atom. The Morgan fingerprint density at radius 1 is 0.811 bits per heavy atom. The van der Waals surface area contributed by atoms with Gasteiger partial charge in [-0.3, -0.25) is 29.0 Å². The number of hydrogen-bond donors (Lipinski definition) is 10. The van der Waals surface area contributed by atoms with Crippen molar-refractivity contribution in [1.29, 1.82) is 0 Å². The first-order chi connectivity index (χ1) is 17.1. The average molecular weight is 533 g/mol. The van der Waals surface area contributed by atoms with Crippen molar-refractivity contribution >= 4 is 41.5 Å². The topological polar surface area (TPSA) is 316 Å². The van der Waals surface area contributed by atoms with E-state index in [1.54, 1.807) is 0 Å². The van der Waals surface area contributed by atoms with Gasteiger partial charge >= 0.3 is 11.9 Å². The maximum absolute atomic E-state index is 12.8. The monoisotopic (exact) mass is 532 g/mol. The number of nitrogens with two attached hydrogens (primary N) is 4. The van der Waals surface area contributed by atoms with Gasteiger partial charge in [0.25, 0.3) is 0 Å². The largest absolute Gasteiger partial charge is 0.481 e. The molecule has 0 saturated carbocycles. The number of hydrogen-bond acceptors (Lipinski definition) is 9. The van der Waals surface area contributed by atoms with Crippen LogP contribution in [0.1, 0.15) is 45.4 Å². The van der Waals surface area contributed by atoms with Crippen molar-refractivity contribution in [3.8, 4) is 0 Å². The zero-order valence-corrected chi connectivity index (χ0v) is 20.4. The molecule has 0 aromatic carbocycles. The van der Waals surface area contributed by atoms with Crippen molar-refractivity contribution in [2.45, 2.75) is 75.7 Å². The number of aliphatic imine (C=N–C) groups is 1. The van der Waals surface area contributed by atoms with Gasteiger partial charge in [-0.05, 0) is 32.6 Å². The summed E-state index contributed by atoms with van der Waals surface area (Å²) in [5, 5.41) is 34.7. The first kappa shape index (κ1) is 33.0. The van der Waals surface area contributed by atoms with Crippen LogP contribution in [0.4, 0.5) is 0 Å². The van der Waals surface area contributed by atoms with Gasteiger partial charge in [-0.25, -0.2) is 4.79 Å². The quantitative estimate of drug-likeness (QED) is 0.0453. The second-order valence-electron chi connectivity index (χ2n) is 8.18. The molecular weight excluding hydrogens is 496 g/mol. The number of aliphatic hydroxyl groups excluding tert-OH is 1. The van der Waals surface area contributed by atoms with Gasteiger partial charge in [0.05, 0.1) is 12.1 Å². The number of carbonyl (C=O) groups excluding carboxylic acids is 4. The normalized spacial score (nSPS) is 14.7. The lowest BCUT2D eigenvalue weighted by atomic mass is 10.1. The molecule has 0 aliphatic carbocycles. The molecule has 0 aromatic heterocycles. The molecule has 0 rings (SSSR count). The Kier molecular flexibility index (Phi) is 14.8. The van der Waals surface area contributed by atoms with Crippen LogP contribution in [0.3, 0.4) is 0 Å². The van der Waals surface area contributed by atoms with Crippen LogP contribution in [0.15, 0.2) is 4.99 Å². The fraction of sp³-hybridized carbons (Fsp3) is 0.650.